The molecule has 2 amide bonds. The number of carbonyl (C=O) groups excluding carboxylic acids is 2. The topological polar surface area (TPSA) is 74.6 Å². The van der Waals surface area contributed by atoms with Crippen molar-refractivity contribution >= 4 is 34.1 Å². The molecular weight excluding hydrogens is 491 g/mol. The molecule has 4 heterocycles. The third-order valence-corrected chi connectivity index (χ3v) is 8.06. The number of nitrogens with zero attached hydrogens (tertiary/aromatic N) is 6. The molecule has 2 aliphatic rings. The van der Waals surface area contributed by atoms with Gasteiger partial charge < -0.3 is 9.80 Å². The number of fused-ring (bicyclic) bond motifs is 1. The van der Waals surface area contributed by atoms with Gasteiger partial charge in [0.1, 0.15) is 5.82 Å². The van der Waals surface area contributed by atoms with Crippen LogP contribution < -0.4 is 0 Å². The number of thiazole rings is 1. The van der Waals surface area contributed by atoms with E-state index in [2.05, 4.69) is 15.0 Å². The molecule has 0 N–H and O–H groups in total. The summed E-state index contributed by atoms with van der Waals surface area (Å²) in [5.41, 5.74) is 2.70. The molecule has 0 atom stereocenters. The molecule has 0 radical (unpaired) electrons. The van der Waals surface area contributed by atoms with Gasteiger partial charge in [0.15, 0.2) is 5.01 Å². The Labute approximate surface area is 217 Å². The fourth-order valence-electron chi connectivity index (χ4n) is 5.07. The fraction of sp³-hybridized carbons (Fsp3) is 0.333. The lowest BCUT2D eigenvalue weighted by Gasteiger charge is -2.48. The first-order valence-electron chi connectivity index (χ1n) is 12.5. The predicted molar refractivity (Wildman–Crippen MR) is 139 cm³/mol. The van der Waals surface area contributed by atoms with Crippen LogP contribution in [0.5, 0.6) is 0 Å². The third-order valence-electron chi connectivity index (χ3n) is 7.30. The summed E-state index contributed by atoms with van der Waals surface area (Å²) in [5.74, 6) is -0.190. The zero-order valence-corrected chi connectivity index (χ0v) is 21.1. The lowest BCUT2D eigenvalue weighted by Crippen LogP contribution is -2.64. The Hall–Kier alpha value is -3.63. The van der Waals surface area contributed by atoms with Crippen LogP contribution in [0.3, 0.4) is 0 Å². The molecule has 8 nitrogen and oxygen atoms in total. The predicted octanol–water partition coefficient (Wildman–Crippen LogP) is 3.16. The van der Waals surface area contributed by atoms with E-state index in [9.17, 15) is 14.0 Å². The number of piperazine rings is 1. The minimum atomic E-state index is -0.235. The lowest BCUT2D eigenvalue weighted by atomic mass is 10.0. The van der Waals surface area contributed by atoms with Gasteiger partial charge in [-0.2, -0.15) is 5.10 Å². The molecule has 0 unspecified atom stereocenters. The maximum Gasteiger partial charge on any atom is 0.282 e. The largest absolute Gasteiger partial charge is 0.335 e. The monoisotopic (exact) mass is 518 g/mol. The zero-order valence-electron chi connectivity index (χ0n) is 20.3. The van der Waals surface area contributed by atoms with Crippen LogP contribution in [0.1, 0.15) is 25.7 Å². The van der Waals surface area contributed by atoms with Gasteiger partial charge in [0, 0.05) is 74.4 Å². The van der Waals surface area contributed by atoms with Crippen LogP contribution in [0.2, 0.25) is 0 Å². The number of hydrogen-bond donors (Lipinski definition) is 0. The third kappa shape index (κ3) is 4.86. The number of aromatic nitrogens is 3. The van der Waals surface area contributed by atoms with Crippen molar-refractivity contribution in [2.24, 2.45) is 0 Å². The van der Waals surface area contributed by atoms with Crippen molar-refractivity contribution in [2.75, 3.05) is 39.3 Å². The van der Waals surface area contributed by atoms with Gasteiger partial charge in [-0.05, 0) is 42.3 Å². The van der Waals surface area contributed by atoms with Crippen molar-refractivity contribution in [1.29, 1.82) is 0 Å². The number of likely N-dealkylation sites (tertiary alicyclic amines) is 1. The highest BCUT2D eigenvalue weighted by molar-refractivity contribution is 7.11. The van der Waals surface area contributed by atoms with E-state index in [0.29, 0.717) is 49.3 Å². The molecule has 2 saturated heterocycles. The van der Waals surface area contributed by atoms with Crippen molar-refractivity contribution < 1.29 is 14.0 Å². The maximum absolute atomic E-state index is 13.1. The summed E-state index contributed by atoms with van der Waals surface area (Å²) in [6.45, 7) is 5.08. The Balaban J connectivity index is 1.02. The van der Waals surface area contributed by atoms with Crippen LogP contribution in [0.25, 0.3) is 10.9 Å². The molecule has 0 saturated carbocycles. The van der Waals surface area contributed by atoms with Crippen LogP contribution >= 0.6 is 11.3 Å². The lowest BCUT2D eigenvalue weighted by molar-refractivity contribution is 0.00854. The summed E-state index contributed by atoms with van der Waals surface area (Å²) in [4.78, 5) is 35.9. The number of amides is 2. The van der Waals surface area contributed by atoms with E-state index in [4.69, 9.17) is 0 Å². The van der Waals surface area contributed by atoms with Crippen molar-refractivity contribution in [3.05, 3.63) is 82.2 Å². The zero-order chi connectivity index (χ0) is 25.4. The molecule has 10 heteroatoms. The molecule has 0 aliphatic carbocycles. The van der Waals surface area contributed by atoms with Gasteiger partial charge in [0.05, 0.1) is 11.7 Å². The first-order valence-corrected chi connectivity index (χ1v) is 13.4. The Morgan fingerprint density at radius 1 is 0.973 bits per heavy atom. The summed E-state index contributed by atoms with van der Waals surface area (Å²) >= 11 is 1.38. The average Bonchev–Trinajstić information content (AvgIpc) is 3.58. The Bertz CT molecular complexity index is 1410. The van der Waals surface area contributed by atoms with Gasteiger partial charge >= 0.3 is 0 Å². The molecule has 0 spiro atoms. The molecule has 2 aliphatic heterocycles. The van der Waals surface area contributed by atoms with E-state index in [1.807, 2.05) is 38.1 Å². The van der Waals surface area contributed by atoms with E-state index in [0.717, 1.165) is 36.0 Å². The number of aryl methyl sites for hydroxylation is 2. The van der Waals surface area contributed by atoms with E-state index in [1.54, 1.807) is 24.5 Å². The van der Waals surface area contributed by atoms with Crippen LogP contribution in [-0.2, 0) is 13.0 Å². The first kappa shape index (κ1) is 23.7. The summed E-state index contributed by atoms with van der Waals surface area (Å²) < 4.78 is 15.1. The number of carbonyl (C=O) groups is 2. The second-order valence-electron chi connectivity index (χ2n) is 9.55. The van der Waals surface area contributed by atoms with Gasteiger partial charge in [0.25, 0.3) is 11.8 Å². The second-order valence-corrected chi connectivity index (χ2v) is 10.4. The van der Waals surface area contributed by atoms with Crippen LogP contribution in [0.15, 0.2) is 60.2 Å². The number of benzene rings is 2. The molecule has 2 aromatic carbocycles. The number of halogens is 1. The highest BCUT2D eigenvalue weighted by Crippen LogP contribution is 2.23. The molecule has 0 bridgehead atoms. The van der Waals surface area contributed by atoms with Gasteiger partial charge in [0.2, 0.25) is 0 Å². The van der Waals surface area contributed by atoms with Crippen molar-refractivity contribution in [3.63, 3.8) is 0 Å². The summed E-state index contributed by atoms with van der Waals surface area (Å²) in [5, 5.41) is 7.80. The van der Waals surface area contributed by atoms with Crippen LogP contribution in [0, 0.1) is 5.82 Å². The van der Waals surface area contributed by atoms with Crippen LogP contribution in [0.4, 0.5) is 4.39 Å². The normalized spacial score (nSPS) is 16.8. The standard InChI is InChI=1S/C27H27FN6O2S/c28-22-4-1-19(2-5-22)7-9-34-24-6-3-20(15-21(24)16-30-34)26(35)33-17-23(18-33)31-10-12-32(13-11-31)27(36)25-29-8-14-37-25/h1-6,8,14-16,23H,7,9-13,17-18H2. The molecule has 190 valence electrons. The highest BCUT2D eigenvalue weighted by atomic mass is 32.1. The van der Waals surface area contributed by atoms with Crippen molar-refractivity contribution in [1.82, 2.24) is 29.5 Å². The van der Waals surface area contributed by atoms with Crippen LogP contribution in [-0.4, -0.2) is 86.6 Å². The summed E-state index contributed by atoms with van der Waals surface area (Å²) in [7, 11) is 0. The van der Waals surface area contributed by atoms with Gasteiger partial charge in [-0.3, -0.25) is 19.2 Å². The molecule has 4 aromatic rings. The van der Waals surface area contributed by atoms with E-state index in [-0.39, 0.29) is 17.6 Å². The smallest absolute Gasteiger partial charge is 0.282 e. The van der Waals surface area contributed by atoms with E-state index >= 15 is 0 Å². The quantitative estimate of drug-likeness (QED) is 0.392. The minimum Gasteiger partial charge on any atom is -0.335 e. The molecule has 2 aromatic heterocycles. The SMILES string of the molecule is O=C(c1ccc2c(cnn2CCc2ccc(F)cc2)c1)N1CC(N2CCN(C(=O)c3nccs3)CC2)C1. The molecule has 6 rings (SSSR count). The summed E-state index contributed by atoms with van der Waals surface area (Å²) in [6, 6.07) is 12.6. The van der Waals surface area contributed by atoms with Gasteiger partial charge in [-0.25, -0.2) is 9.37 Å². The van der Waals surface area contributed by atoms with E-state index < -0.39 is 0 Å². The first-order chi connectivity index (χ1) is 18.0. The van der Waals surface area contributed by atoms with E-state index in [1.165, 1.54) is 23.5 Å². The van der Waals surface area contributed by atoms with Crippen molar-refractivity contribution in [2.45, 2.75) is 19.0 Å². The van der Waals surface area contributed by atoms with Gasteiger partial charge in [-0.1, -0.05) is 12.1 Å². The minimum absolute atomic E-state index is 0.00855. The Kier molecular flexibility index (Phi) is 6.43. The fourth-order valence-corrected chi connectivity index (χ4v) is 5.68. The average molecular weight is 519 g/mol. The number of hydrogen-bond acceptors (Lipinski definition) is 6. The molecule has 37 heavy (non-hydrogen) atoms. The molecular formula is C27H27FN6O2S. The van der Waals surface area contributed by atoms with Gasteiger partial charge in [-0.15, -0.1) is 11.3 Å². The second kappa shape index (κ2) is 10.0. The number of rotatable bonds is 6. The molecule has 2 fully saturated rings. The Morgan fingerprint density at radius 2 is 1.76 bits per heavy atom. The maximum atomic E-state index is 13.1. The summed E-state index contributed by atoms with van der Waals surface area (Å²) in [6.07, 6.45) is 4.20. The highest BCUT2D eigenvalue weighted by Gasteiger charge is 2.37. The van der Waals surface area contributed by atoms with Crippen molar-refractivity contribution in [3.8, 4) is 0 Å². The Morgan fingerprint density at radius 3 is 2.49 bits per heavy atom.